The number of nitrogens with zero attached hydrogens (tertiary/aromatic N) is 5. The van der Waals surface area contributed by atoms with E-state index in [0.29, 0.717) is 23.8 Å². The number of aromatic nitrogens is 4. The maximum Gasteiger partial charge on any atom is 0.154 e. The summed E-state index contributed by atoms with van der Waals surface area (Å²) in [5.74, 6) is 2.04. The molecule has 3 aromatic rings. The highest BCUT2D eigenvalue weighted by Crippen LogP contribution is 2.44. The highest BCUT2D eigenvalue weighted by Gasteiger charge is 2.31. The van der Waals surface area contributed by atoms with Gasteiger partial charge in [-0.2, -0.15) is 0 Å². The van der Waals surface area contributed by atoms with Gasteiger partial charge in [-0.1, -0.05) is 0 Å². The van der Waals surface area contributed by atoms with Crippen molar-refractivity contribution in [3.63, 3.8) is 0 Å². The maximum absolute atomic E-state index is 5.95. The van der Waals surface area contributed by atoms with Crippen molar-refractivity contribution in [2.75, 3.05) is 23.7 Å². The van der Waals surface area contributed by atoms with E-state index in [9.17, 15) is 0 Å². The SMILES string of the molecule is CC1CN(c2ccc3nc(C4CC4)c(-c4ccnc(N)c4)n3n2)CC(C)N1. The second kappa shape index (κ2) is 6.20. The molecule has 7 nitrogen and oxygen atoms in total. The molecule has 0 bridgehead atoms. The number of nitrogens with two attached hydrogens (primary N) is 1. The number of nitrogen functional groups attached to an aromatic ring is 1. The molecule has 2 unspecified atom stereocenters. The Morgan fingerprint density at radius 1 is 1.11 bits per heavy atom. The molecule has 0 amide bonds. The van der Waals surface area contributed by atoms with Crippen molar-refractivity contribution < 1.29 is 0 Å². The summed E-state index contributed by atoms with van der Waals surface area (Å²) in [6, 6.07) is 8.97. The van der Waals surface area contributed by atoms with Crippen LogP contribution in [-0.4, -0.2) is 44.8 Å². The topological polar surface area (TPSA) is 84.4 Å². The predicted octanol–water partition coefficient (Wildman–Crippen LogP) is 2.44. The zero-order valence-electron chi connectivity index (χ0n) is 15.8. The van der Waals surface area contributed by atoms with E-state index in [1.165, 1.54) is 12.8 Å². The van der Waals surface area contributed by atoms with E-state index in [2.05, 4.69) is 41.2 Å². The van der Waals surface area contributed by atoms with Gasteiger partial charge < -0.3 is 16.0 Å². The van der Waals surface area contributed by atoms with Gasteiger partial charge in [-0.15, -0.1) is 5.10 Å². The first-order valence-corrected chi connectivity index (χ1v) is 9.71. The van der Waals surface area contributed by atoms with Crippen molar-refractivity contribution in [1.29, 1.82) is 0 Å². The Hall–Kier alpha value is -2.67. The summed E-state index contributed by atoms with van der Waals surface area (Å²) < 4.78 is 2.00. The average Bonchev–Trinajstić information content (AvgIpc) is 3.40. The monoisotopic (exact) mass is 363 g/mol. The number of hydrogen-bond donors (Lipinski definition) is 2. The Bertz CT molecular complexity index is 981. The molecular weight excluding hydrogens is 338 g/mol. The summed E-state index contributed by atoms with van der Waals surface area (Å²) in [5, 5.41) is 8.57. The number of pyridine rings is 1. The molecule has 27 heavy (non-hydrogen) atoms. The zero-order chi connectivity index (χ0) is 18.5. The van der Waals surface area contributed by atoms with Gasteiger partial charge in [0.2, 0.25) is 0 Å². The lowest BCUT2D eigenvalue weighted by atomic mass is 10.1. The number of anilines is 2. The van der Waals surface area contributed by atoms with E-state index >= 15 is 0 Å². The van der Waals surface area contributed by atoms with Crippen LogP contribution in [0.4, 0.5) is 11.6 Å². The van der Waals surface area contributed by atoms with Gasteiger partial charge in [0.1, 0.15) is 11.6 Å². The third-order valence-electron chi connectivity index (χ3n) is 5.39. The first-order valence-electron chi connectivity index (χ1n) is 9.71. The highest BCUT2D eigenvalue weighted by atomic mass is 15.4. The van der Waals surface area contributed by atoms with Gasteiger partial charge in [0.25, 0.3) is 0 Å². The smallest absolute Gasteiger partial charge is 0.154 e. The molecule has 0 spiro atoms. The van der Waals surface area contributed by atoms with Crippen LogP contribution in [0.25, 0.3) is 16.9 Å². The van der Waals surface area contributed by atoms with Gasteiger partial charge in [0.15, 0.2) is 5.65 Å². The summed E-state index contributed by atoms with van der Waals surface area (Å²) in [4.78, 5) is 11.4. The molecule has 2 aliphatic rings. The second-order valence-electron chi connectivity index (χ2n) is 7.92. The Kier molecular flexibility index (Phi) is 3.79. The van der Waals surface area contributed by atoms with E-state index in [4.69, 9.17) is 15.8 Å². The minimum atomic E-state index is 0.440. The van der Waals surface area contributed by atoms with Crippen molar-refractivity contribution >= 4 is 17.3 Å². The molecule has 1 saturated carbocycles. The molecule has 5 rings (SSSR count). The number of nitrogens with one attached hydrogen (secondary N) is 1. The van der Waals surface area contributed by atoms with Crippen LogP contribution in [0.15, 0.2) is 30.5 Å². The van der Waals surface area contributed by atoms with E-state index in [1.807, 2.05) is 16.6 Å². The van der Waals surface area contributed by atoms with Crippen molar-refractivity contribution in [1.82, 2.24) is 24.9 Å². The Balaban J connectivity index is 1.64. The number of piperazine rings is 1. The standard InChI is InChI=1S/C20H25N7/c1-12-10-26(11-13(2)23-12)18-6-5-17-24-19(14-3-4-14)20(27(17)25-18)15-7-8-22-16(21)9-15/h5-9,12-14,23H,3-4,10-11H2,1-2H3,(H2,21,22). The number of rotatable bonds is 3. The quantitative estimate of drug-likeness (QED) is 0.743. The summed E-state index contributed by atoms with van der Waals surface area (Å²) in [5.41, 5.74) is 10.1. The van der Waals surface area contributed by atoms with E-state index < -0.39 is 0 Å². The number of hydrogen-bond acceptors (Lipinski definition) is 6. The van der Waals surface area contributed by atoms with Gasteiger partial charge in [-0.05, 0) is 51.0 Å². The molecule has 3 N–H and O–H groups in total. The lowest BCUT2D eigenvalue weighted by molar-refractivity contribution is 0.404. The molecule has 3 aromatic heterocycles. The van der Waals surface area contributed by atoms with Gasteiger partial charge in [-0.3, -0.25) is 0 Å². The molecule has 2 atom stereocenters. The first kappa shape index (κ1) is 16.5. The van der Waals surface area contributed by atoms with E-state index in [1.54, 1.807) is 6.20 Å². The van der Waals surface area contributed by atoms with Crippen LogP contribution in [0.1, 0.15) is 38.3 Å². The number of imidazole rings is 1. The predicted molar refractivity (Wildman–Crippen MR) is 107 cm³/mol. The molecule has 140 valence electrons. The lowest BCUT2D eigenvalue weighted by Gasteiger charge is -2.36. The van der Waals surface area contributed by atoms with Crippen LogP contribution in [0.2, 0.25) is 0 Å². The van der Waals surface area contributed by atoms with Crippen LogP contribution in [-0.2, 0) is 0 Å². The van der Waals surface area contributed by atoms with Crippen LogP contribution in [0, 0.1) is 0 Å². The van der Waals surface area contributed by atoms with Crippen molar-refractivity contribution in [2.45, 2.75) is 44.7 Å². The third-order valence-corrected chi connectivity index (χ3v) is 5.39. The molecule has 0 radical (unpaired) electrons. The molecule has 1 saturated heterocycles. The minimum Gasteiger partial charge on any atom is -0.384 e. The van der Waals surface area contributed by atoms with Gasteiger partial charge >= 0.3 is 0 Å². The zero-order valence-corrected chi connectivity index (χ0v) is 15.8. The maximum atomic E-state index is 5.95. The third kappa shape index (κ3) is 3.02. The largest absolute Gasteiger partial charge is 0.384 e. The van der Waals surface area contributed by atoms with Crippen molar-refractivity contribution in [2.24, 2.45) is 0 Å². The molecule has 4 heterocycles. The second-order valence-corrected chi connectivity index (χ2v) is 7.92. The lowest BCUT2D eigenvalue weighted by Crippen LogP contribution is -2.54. The fourth-order valence-corrected chi connectivity index (χ4v) is 4.13. The summed E-state index contributed by atoms with van der Waals surface area (Å²) in [7, 11) is 0. The average molecular weight is 363 g/mol. The molecule has 1 aliphatic heterocycles. The molecule has 7 heteroatoms. The Labute approximate surface area is 158 Å². The summed E-state index contributed by atoms with van der Waals surface area (Å²) in [6.07, 6.45) is 4.14. The van der Waals surface area contributed by atoms with Crippen LogP contribution in [0.3, 0.4) is 0 Å². The van der Waals surface area contributed by atoms with E-state index in [-0.39, 0.29) is 0 Å². The Morgan fingerprint density at radius 3 is 2.59 bits per heavy atom. The summed E-state index contributed by atoms with van der Waals surface area (Å²) in [6.45, 7) is 6.33. The molecular formula is C20H25N7. The van der Waals surface area contributed by atoms with Crippen LogP contribution < -0.4 is 16.0 Å². The van der Waals surface area contributed by atoms with Gasteiger partial charge in [0.05, 0.1) is 11.4 Å². The fourth-order valence-electron chi connectivity index (χ4n) is 4.13. The first-order chi connectivity index (χ1) is 13.1. The number of fused-ring (bicyclic) bond motifs is 1. The fraction of sp³-hybridized carbons (Fsp3) is 0.450. The van der Waals surface area contributed by atoms with Gasteiger partial charge in [-0.25, -0.2) is 14.5 Å². The summed E-state index contributed by atoms with van der Waals surface area (Å²) >= 11 is 0. The van der Waals surface area contributed by atoms with Crippen LogP contribution >= 0.6 is 0 Å². The molecule has 0 aromatic carbocycles. The van der Waals surface area contributed by atoms with Crippen molar-refractivity contribution in [3.8, 4) is 11.3 Å². The van der Waals surface area contributed by atoms with Gasteiger partial charge in [0, 0.05) is 42.9 Å². The minimum absolute atomic E-state index is 0.440. The van der Waals surface area contributed by atoms with Crippen molar-refractivity contribution in [3.05, 3.63) is 36.2 Å². The Morgan fingerprint density at radius 2 is 1.89 bits per heavy atom. The normalized spacial score (nSPS) is 23.1. The van der Waals surface area contributed by atoms with E-state index in [0.717, 1.165) is 41.5 Å². The molecule has 2 fully saturated rings. The van der Waals surface area contributed by atoms with Crippen LogP contribution in [0.5, 0.6) is 0 Å². The highest BCUT2D eigenvalue weighted by molar-refractivity contribution is 5.70. The molecule has 1 aliphatic carbocycles.